The molecule has 6 nitrogen and oxygen atoms in total. The maximum absolute atomic E-state index is 4.19. The summed E-state index contributed by atoms with van der Waals surface area (Å²) in [5.41, 5.74) is 5.49. The summed E-state index contributed by atoms with van der Waals surface area (Å²) in [6.45, 7) is 0. The molecular formula is C30H24CuN6+2. The smallest absolute Gasteiger partial charge is 0.255 e. The van der Waals surface area contributed by atoms with Gasteiger partial charge in [-0.15, -0.1) is 0 Å². The van der Waals surface area contributed by atoms with E-state index in [0.29, 0.717) is 0 Å². The fourth-order valence-electron chi connectivity index (χ4n) is 3.09. The molecule has 0 saturated carbocycles. The van der Waals surface area contributed by atoms with Gasteiger partial charge in [0.25, 0.3) is 0 Å². The van der Waals surface area contributed by atoms with Gasteiger partial charge in [0.2, 0.25) is 0 Å². The quantitative estimate of drug-likeness (QED) is 0.245. The van der Waals surface area contributed by atoms with Crippen molar-refractivity contribution in [3.63, 3.8) is 0 Å². The maximum Gasteiger partial charge on any atom is 2.00 e. The molecule has 37 heavy (non-hydrogen) atoms. The second-order valence-electron chi connectivity index (χ2n) is 7.29. The van der Waals surface area contributed by atoms with E-state index in [1.165, 1.54) is 0 Å². The van der Waals surface area contributed by atoms with E-state index in [4.69, 9.17) is 0 Å². The molecule has 6 aromatic rings. The van der Waals surface area contributed by atoms with Crippen molar-refractivity contribution in [1.82, 2.24) is 29.9 Å². The molecule has 0 aliphatic carbocycles. The molecule has 0 aliphatic heterocycles. The van der Waals surface area contributed by atoms with Crippen LogP contribution in [-0.2, 0) is 17.1 Å². The van der Waals surface area contributed by atoms with Crippen LogP contribution in [0.25, 0.3) is 34.2 Å². The topological polar surface area (TPSA) is 77.3 Å². The average Bonchev–Trinajstić information content (AvgIpc) is 3.01. The van der Waals surface area contributed by atoms with E-state index in [9.17, 15) is 0 Å². The van der Waals surface area contributed by atoms with Crippen molar-refractivity contribution in [2.75, 3.05) is 0 Å². The molecule has 0 N–H and O–H groups in total. The predicted molar refractivity (Wildman–Crippen MR) is 142 cm³/mol. The van der Waals surface area contributed by atoms with Gasteiger partial charge in [0, 0.05) is 37.2 Å². The normalized spacial score (nSPS) is 9.41. The van der Waals surface area contributed by atoms with Gasteiger partial charge >= 0.3 is 17.1 Å². The Morgan fingerprint density at radius 2 is 0.405 bits per heavy atom. The van der Waals surface area contributed by atoms with Crippen molar-refractivity contribution in [3.8, 4) is 34.2 Å². The van der Waals surface area contributed by atoms with Gasteiger partial charge < -0.3 is 0 Å². The molecule has 0 fully saturated rings. The van der Waals surface area contributed by atoms with Crippen molar-refractivity contribution in [3.05, 3.63) is 146 Å². The summed E-state index contributed by atoms with van der Waals surface area (Å²) < 4.78 is 0. The molecule has 0 unspecified atom stereocenters. The zero-order valence-electron chi connectivity index (χ0n) is 19.8. The first kappa shape index (κ1) is 27.0. The van der Waals surface area contributed by atoms with Gasteiger partial charge in [-0.05, 0) is 72.8 Å². The van der Waals surface area contributed by atoms with Crippen molar-refractivity contribution >= 4 is 0 Å². The van der Waals surface area contributed by atoms with Gasteiger partial charge in [0.05, 0.1) is 34.2 Å². The second-order valence-corrected chi connectivity index (χ2v) is 7.29. The average molecular weight is 532 g/mol. The van der Waals surface area contributed by atoms with Gasteiger partial charge in [-0.2, -0.15) is 0 Å². The van der Waals surface area contributed by atoms with E-state index in [1.807, 2.05) is 109 Å². The van der Waals surface area contributed by atoms with Crippen LogP contribution in [0.4, 0.5) is 0 Å². The zero-order valence-corrected chi connectivity index (χ0v) is 20.8. The summed E-state index contributed by atoms with van der Waals surface area (Å²) in [5.74, 6) is 0. The van der Waals surface area contributed by atoms with Gasteiger partial charge in [-0.1, -0.05) is 36.4 Å². The maximum atomic E-state index is 4.19. The minimum atomic E-state index is 0. The summed E-state index contributed by atoms with van der Waals surface area (Å²) in [6, 6.07) is 34.8. The Balaban J connectivity index is 0.000000152. The van der Waals surface area contributed by atoms with Crippen molar-refractivity contribution < 1.29 is 17.1 Å². The van der Waals surface area contributed by atoms with Crippen LogP contribution in [0.5, 0.6) is 0 Å². The summed E-state index contributed by atoms with van der Waals surface area (Å²) in [7, 11) is 0. The Bertz CT molecular complexity index is 1100. The van der Waals surface area contributed by atoms with Crippen LogP contribution in [0, 0.1) is 0 Å². The molecule has 6 heterocycles. The molecule has 183 valence electrons. The van der Waals surface area contributed by atoms with Gasteiger partial charge in [0.1, 0.15) is 0 Å². The zero-order chi connectivity index (χ0) is 24.7. The first-order valence-corrected chi connectivity index (χ1v) is 11.4. The van der Waals surface area contributed by atoms with E-state index in [-0.39, 0.29) is 17.1 Å². The van der Waals surface area contributed by atoms with Gasteiger partial charge in [-0.3, -0.25) is 29.9 Å². The molecule has 0 aliphatic rings. The number of hydrogen-bond donors (Lipinski definition) is 0. The predicted octanol–water partition coefficient (Wildman–Crippen LogP) is 6.43. The SMILES string of the molecule is [Cu+2].c1ccc(-c2ccccn2)nc1.c1ccc(-c2ccccn2)nc1.c1ccc(-c2ccccn2)nc1. The molecule has 0 aromatic carbocycles. The van der Waals surface area contributed by atoms with E-state index in [2.05, 4.69) is 29.9 Å². The Labute approximate surface area is 227 Å². The molecule has 0 spiro atoms. The van der Waals surface area contributed by atoms with E-state index < -0.39 is 0 Å². The molecule has 6 rings (SSSR count). The molecule has 0 saturated heterocycles. The van der Waals surface area contributed by atoms with Crippen LogP contribution >= 0.6 is 0 Å². The summed E-state index contributed by atoms with van der Waals surface area (Å²) >= 11 is 0. The third-order valence-corrected chi connectivity index (χ3v) is 4.78. The number of rotatable bonds is 3. The van der Waals surface area contributed by atoms with Crippen molar-refractivity contribution in [1.29, 1.82) is 0 Å². The second kappa shape index (κ2) is 15.4. The molecular weight excluding hydrogens is 508 g/mol. The molecule has 7 heteroatoms. The standard InChI is InChI=1S/3C10H8N2.Cu/c3*1-3-7-11-9(5-1)10-6-2-4-8-12-10;/h3*1-8H;/q;;;+2. The van der Waals surface area contributed by atoms with Crippen LogP contribution in [0.2, 0.25) is 0 Å². The fourth-order valence-corrected chi connectivity index (χ4v) is 3.09. The van der Waals surface area contributed by atoms with Crippen LogP contribution in [0.1, 0.15) is 0 Å². The minimum Gasteiger partial charge on any atom is -0.255 e. The summed E-state index contributed by atoms with van der Waals surface area (Å²) in [6.07, 6.45) is 10.6. The Kier molecular flexibility index (Phi) is 11.3. The summed E-state index contributed by atoms with van der Waals surface area (Å²) in [5, 5.41) is 0. The van der Waals surface area contributed by atoms with Crippen LogP contribution in [-0.4, -0.2) is 29.9 Å². The Morgan fingerprint density at radius 1 is 0.243 bits per heavy atom. The molecule has 0 atom stereocenters. The Morgan fingerprint density at radius 3 is 0.514 bits per heavy atom. The van der Waals surface area contributed by atoms with Crippen LogP contribution < -0.4 is 0 Å². The van der Waals surface area contributed by atoms with E-state index in [0.717, 1.165) is 34.2 Å². The first-order valence-electron chi connectivity index (χ1n) is 11.4. The van der Waals surface area contributed by atoms with E-state index in [1.54, 1.807) is 37.2 Å². The van der Waals surface area contributed by atoms with E-state index >= 15 is 0 Å². The first-order chi connectivity index (χ1) is 17.9. The monoisotopic (exact) mass is 531 g/mol. The summed E-state index contributed by atoms with van der Waals surface area (Å²) in [4.78, 5) is 25.1. The van der Waals surface area contributed by atoms with Gasteiger partial charge in [0.15, 0.2) is 0 Å². The molecule has 6 aromatic heterocycles. The number of nitrogens with zero attached hydrogens (tertiary/aromatic N) is 6. The molecule has 0 bridgehead atoms. The molecule has 0 amide bonds. The van der Waals surface area contributed by atoms with Crippen molar-refractivity contribution in [2.24, 2.45) is 0 Å². The van der Waals surface area contributed by atoms with Crippen LogP contribution in [0.3, 0.4) is 0 Å². The third kappa shape index (κ3) is 8.85. The Hall–Kier alpha value is -4.58. The minimum absolute atomic E-state index is 0. The molecule has 1 radical (unpaired) electrons. The number of aromatic nitrogens is 6. The number of pyridine rings is 6. The fraction of sp³-hybridized carbons (Fsp3) is 0. The van der Waals surface area contributed by atoms with Gasteiger partial charge in [-0.25, -0.2) is 0 Å². The third-order valence-electron chi connectivity index (χ3n) is 4.78. The number of hydrogen-bond acceptors (Lipinski definition) is 6. The largest absolute Gasteiger partial charge is 2.00 e. The van der Waals surface area contributed by atoms with Crippen molar-refractivity contribution in [2.45, 2.75) is 0 Å². The van der Waals surface area contributed by atoms with Crippen LogP contribution in [0.15, 0.2) is 146 Å².